The van der Waals surface area contributed by atoms with Crippen molar-refractivity contribution in [2.45, 2.75) is 26.2 Å². The van der Waals surface area contributed by atoms with E-state index in [1.54, 1.807) is 0 Å². The Balaban J connectivity index is 2.01. The Morgan fingerprint density at radius 3 is 2.52 bits per heavy atom. The summed E-state index contributed by atoms with van der Waals surface area (Å²) < 4.78 is 6.00. The van der Waals surface area contributed by atoms with Crippen molar-refractivity contribution in [2.24, 2.45) is 0 Å². The number of hydrogen-bond donors (Lipinski definition) is 0. The Hall–Kier alpha value is -2.35. The molecule has 0 aliphatic carbocycles. The second-order valence-electron chi connectivity index (χ2n) is 5.16. The first-order chi connectivity index (χ1) is 10.4. The van der Waals surface area contributed by atoms with Gasteiger partial charge in [0, 0.05) is 10.9 Å². The molecule has 0 N–H and O–H groups in total. The van der Waals surface area contributed by atoms with E-state index in [4.69, 9.17) is 9.72 Å². The van der Waals surface area contributed by atoms with E-state index < -0.39 is 0 Å². The molecule has 106 valence electrons. The fourth-order valence-corrected chi connectivity index (χ4v) is 2.38. The molecule has 1 heterocycles. The standard InChI is InChI=1S/C19H19NO/c1-2-3-9-16-14-15-10-7-8-13-18(15)20-19(16)21-17-11-5-4-6-12-17/h4-8,10-14H,2-3,9H2,1H3. The van der Waals surface area contributed by atoms with Crippen LogP contribution in [0.25, 0.3) is 10.9 Å². The normalized spacial score (nSPS) is 10.7. The molecule has 0 fully saturated rings. The zero-order valence-corrected chi connectivity index (χ0v) is 12.3. The first kappa shape index (κ1) is 13.6. The van der Waals surface area contributed by atoms with Crippen LogP contribution in [0.1, 0.15) is 25.3 Å². The molecule has 0 aliphatic rings. The van der Waals surface area contributed by atoms with Crippen LogP contribution < -0.4 is 4.74 Å². The average Bonchev–Trinajstić information content (AvgIpc) is 2.54. The number of hydrogen-bond acceptors (Lipinski definition) is 2. The van der Waals surface area contributed by atoms with Crippen molar-refractivity contribution >= 4 is 10.9 Å². The van der Waals surface area contributed by atoms with Crippen molar-refractivity contribution in [3.05, 3.63) is 66.2 Å². The molecule has 3 rings (SSSR count). The van der Waals surface area contributed by atoms with E-state index in [0.717, 1.165) is 36.4 Å². The summed E-state index contributed by atoms with van der Waals surface area (Å²) in [6.07, 6.45) is 3.30. The Labute approximate surface area is 125 Å². The summed E-state index contributed by atoms with van der Waals surface area (Å²) in [5, 5.41) is 1.17. The SMILES string of the molecule is CCCCc1cc2ccccc2nc1Oc1ccccc1. The zero-order chi connectivity index (χ0) is 14.5. The molecule has 21 heavy (non-hydrogen) atoms. The van der Waals surface area contributed by atoms with Crippen molar-refractivity contribution in [3.63, 3.8) is 0 Å². The second-order valence-corrected chi connectivity index (χ2v) is 5.16. The topological polar surface area (TPSA) is 22.1 Å². The lowest BCUT2D eigenvalue weighted by Gasteiger charge is -2.11. The highest BCUT2D eigenvalue weighted by Gasteiger charge is 2.09. The molecule has 2 heteroatoms. The van der Waals surface area contributed by atoms with Crippen molar-refractivity contribution < 1.29 is 4.74 Å². The first-order valence-electron chi connectivity index (χ1n) is 7.48. The van der Waals surface area contributed by atoms with Gasteiger partial charge in [0.05, 0.1) is 5.52 Å². The van der Waals surface area contributed by atoms with E-state index >= 15 is 0 Å². The molecular formula is C19H19NO. The zero-order valence-electron chi connectivity index (χ0n) is 12.3. The molecule has 0 amide bonds. The van der Waals surface area contributed by atoms with Crippen LogP contribution in [0, 0.1) is 0 Å². The number of para-hydroxylation sites is 2. The minimum Gasteiger partial charge on any atom is -0.439 e. The highest BCUT2D eigenvalue weighted by atomic mass is 16.5. The molecule has 0 aliphatic heterocycles. The summed E-state index contributed by atoms with van der Waals surface area (Å²) in [5.41, 5.74) is 2.16. The molecule has 0 radical (unpaired) electrons. The number of nitrogens with zero attached hydrogens (tertiary/aromatic N) is 1. The molecule has 0 atom stereocenters. The van der Waals surface area contributed by atoms with Gasteiger partial charge in [-0.3, -0.25) is 0 Å². The van der Waals surface area contributed by atoms with Crippen LogP contribution in [-0.2, 0) is 6.42 Å². The maximum atomic E-state index is 6.00. The van der Waals surface area contributed by atoms with Crippen LogP contribution in [-0.4, -0.2) is 4.98 Å². The van der Waals surface area contributed by atoms with Gasteiger partial charge >= 0.3 is 0 Å². The monoisotopic (exact) mass is 277 g/mol. The Morgan fingerprint density at radius 1 is 0.952 bits per heavy atom. The largest absolute Gasteiger partial charge is 0.439 e. The van der Waals surface area contributed by atoms with Gasteiger partial charge in [-0.2, -0.15) is 0 Å². The summed E-state index contributed by atoms with van der Waals surface area (Å²) in [6, 6.07) is 20.2. The molecule has 0 spiro atoms. The number of aromatic nitrogens is 1. The highest BCUT2D eigenvalue weighted by molar-refractivity contribution is 5.80. The molecule has 0 unspecified atom stereocenters. The summed E-state index contributed by atoms with van der Waals surface area (Å²) in [6.45, 7) is 2.20. The summed E-state index contributed by atoms with van der Waals surface area (Å²) in [5.74, 6) is 1.56. The number of benzene rings is 2. The minimum atomic E-state index is 0.730. The smallest absolute Gasteiger partial charge is 0.223 e. The fourth-order valence-electron chi connectivity index (χ4n) is 2.38. The molecule has 2 nitrogen and oxygen atoms in total. The van der Waals surface area contributed by atoms with Crippen LogP contribution in [0.15, 0.2) is 60.7 Å². The van der Waals surface area contributed by atoms with Crippen LogP contribution >= 0.6 is 0 Å². The van der Waals surface area contributed by atoms with Gasteiger partial charge in [0.25, 0.3) is 0 Å². The predicted octanol–water partition coefficient (Wildman–Crippen LogP) is 5.37. The van der Waals surface area contributed by atoms with Crippen molar-refractivity contribution in [3.8, 4) is 11.6 Å². The highest BCUT2D eigenvalue weighted by Crippen LogP contribution is 2.28. The molecule has 1 aromatic heterocycles. The van der Waals surface area contributed by atoms with Gasteiger partial charge in [-0.15, -0.1) is 0 Å². The lowest BCUT2D eigenvalue weighted by atomic mass is 10.1. The molecular weight excluding hydrogens is 258 g/mol. The number of pyridine rings is 1. The minimum absolute atomic E-state index is 0.730. The Bertz CT molecular complexity index is 722. The van der Waals surface area contributed by atoms with Gasteiger partial charge in [-0.25, -0.2) is 4.98 Å². The summed E-state index contributed by atoms with van der Waals surface area (Å²) >= 11 is 0. The Kier molecular flexibility index (Phi) is 4.15. The van der Waals surface area contributed by atoms with Gasteiger partial charge in [0.15, 0.2) is 0 Å². The maximum absolute atomic E-state index is 6.00. The van der Waals surface area contributed by atoms with E-state index in [2.05, 4.69) is 19.1 Å². The molecule has 0 bridgehead atoms. The van der Waals surface area contributed by atoms with E-state index in [1.807, 2.05) is 48.5 Å². The fraction of sp³-hybridized carbons (Fsp3) is 0.211. The van der Waals surface area contributed by atoms with Gasteiger partial charge in [0.2, 0.25) is 5.88 Å². The predicted molar refractivity (Wildman–Crippen MR) is 86.9 cm³/mol. The van der Waals surface area contributed by atoms with Gasteiger partial charge in [-0.1, -0.05) is 49.7 Å². The van der Waals surface area contributed by atoms with E-state index in [9.17, 15) is 0 Å². The number of ether oxygens (including phenoxy) is 1. The molecule has 2 aromatic carbocycles. The van der Waals surface area contributed by atoms with Gasteiger partial charge < -0.3 is 4.74 Å². The Morgan fingerprint density at radius 2 is 1.71 bits per heavy atom. The first-order valence-corrected chi connectivity index (χ1v) is 7.48. The van der Waals surface area contributed by atoms with E-state index in [0.29, 0.717) is 0 Å². The summed E-state index contributed by atoms with van der Waals surface area (Å²) in [7, 11) is 0. The van der Waals surface area contributed by atoms with Crippen LogP contribution in [0.4, 0.5) is 0 Å². The number of unbranched alkanes of at least 4 members (excludes halogenated alkanes) is 1. The van der Waals surface area contributed by atoms with Crippen molar-refractivity contribution in [2.75, 3.05) is 0 Å². The molecule has 3 aromatic rings. The van der Waals surface area contributed by atoms with Crippen molar-refractivity contribution in [1.29, 1.82) is 0 Å². The lowest BCUT2D eigenvalue weighted by Crippen LogP contribution is -1.96. The van der Waals surface area contributed by atoms with Crippen LogP contribution in [0.3, 0.4) is 0 Å². The molecule has 0 saturated heterocycles. The quantitative estimate of drug-likeness (QED) is 0.625. The van der Waals surface area contributed by atoms with Crippen LogP contribution in [0.2, 0.25) is 0 Å². The van der Waals surface area contributed by atoms with Gasteiger partial charge in [-0.05, 0) is 37.1 Å². The number of rotatable bonds is 5. The van der Waals surface area contributed by atoms with Crippen molar-refractivity contribution in [1.82, 2.24) is 4.98 Å². The van der Waals surface area contributed by atoms with Gasteiger partial charge in [0.1, 0.15) is 5.75 Å². The van der Waals surface area contributed by atoms with E-state index in [-0.39, 0.29) is 0 Å². The molecule has 0 saturated carbocycles. The van der Waals surface area contributed by atoms with Crippen LogP contribution in [0.5, 0.6) is 11.6 Å². The lowest BCUT2D eigenvalue weighted by molar-refractivity contribution is 0.457. The third kappa shape index (κ3) is 3.22. The van der Waals surface area contributed by atoms with E-state index in [1.165, 1.54) is 10.9 Å². The maximum Gasteiger partial charge on any atom is 0.223 e. The number of aryl methyl sites for hydroxylation is 1. The third-order valence-electron chi connectivity index (χ3n) is 3.52. The second kappa shape index (κ2) is 6.40. The third-order valence-corrected chi connectivity index (χ3v) is 3.52. The summed E-state index contributed by atoms with van der Waals surface area (Å²) in [4.78, 5) is 4.70. The number of fused-ring (bicyclic) bond motifs is 1. The average molecular weight is 277 g/mol.